The standard InChI is InChI=1S/C38H41N3O/c1-23(2)27-14-10-15-28(24(3)4)32(27)22-41-35-19-9-8-18-34(35)39-37(41)31-17-11-16-29-30-20-21-33(40-38(30)42-36(29)31)25(5)26-12-6-7-13-26/h8-11,14-21,23-26H,6-7,12-13,22H2,1-5H3. The summed E-state index contributed by atoms with van der Waals surface area (Å²) in [6.07, 6.45) is 5.29. The zero-order valence-electron chi connectivity index (χ0n) is 25.5. The van der Waals surface area contributed by atoms with Crippen molar-refractivity contribution in [3.63, 3.8) is 0 Å². The molecule has 4 nitrogen and oxygen atoms in total. The zero-order valence-corrected chi connectivity index (χ0v) is 25.5. The first kappa shape index (κ1) is 26.9. The first-order chi connectivity index (χ1) is 20.4. The number of nitrogens with zero attached hydrogens (tertiary/aromatic N) is 3. The summed E-state index contributed by atoms with van der Waals surface area (Å²) in [7, 11) is 0. The molecule has 0 radical (unpaired) electrons. The van der Waals surface area contributed by atoms with E-state index in [0.29, 0.717) is 17.8 Å². The lowest BCUT2D eigenvalue weighted by atomic mass is 9.88. The maximum Gasteiger partial charge on any atom is 0.227 e. The van der Waals surface area contributed by atoms with Crippen LogP contribution in [0.2, 0.25) is 0 Å². The summed E-state index contributed by atoms with van der Waals surface area (Å²) in [6.45, 7) is 12.3. The number of rotatable bonds is 7. The van der Waals surface area contributed by atoms with E-state index in [2.05, 4.69) is 112 Å². The third kappa shape index (κ3) is 4.52. The maximum absolute atomic E-state index is 6.65. The minimum absolute atomic E-state index is 0.433. The molecule has 1 aliphatic rings. The molecule has 0 spiro atoms. The van der Waals surface area contributed by atoms with Crippen LogP contribution in [-0.2, 0) is 6.54 Å². The lowest BCUT2D eigenvalue weighted by molar-refractivity contribution is 0.452. The number of fused-ring (bicyclic) bond motifs is 4. The van der Waals surface area contributed by atoms with Crippen molar-refractivity contribution in [2.75, 3.05) is 0 Å². The highest BCUT2D eigenvalue weighted by Gasteiger charge is 2.25. The van der Waals surface area contributed by atoms with Crippen LogP contribution in [-0.4, -0.2) is 14.5 Å². The summed E-state index contributed by atoms with van der Waals surface area (Å²) in [4.78, 5) is 10.3. The molecule has 3 aromatic carbocycles. The predicted octanol–water partition coefficient (Wildman–Crippen LogP) is 10.6. The monoisotopic (exact) mass is 555 g/mol. The van der Waals surface area contributed by atoms with E-state index in [-0.39, 0.29) is 0 Å². The van der Waals surface area contributed by atoms with Gasteiger partial charge in [-0.1, -0.05) is 89.9 Å². The summed E-state index contributed by atoms with van der Waals surface area (Å²) in [5.41, 5.74) is 10.1. The smallest absolute Gasteiger partial charge is 0.227 e. The SMILES string of the molecule is CC(C)c1cccc(C(C)C)c1Cn1c(-c2cccc3c2oc2nc(C(C)C4CCCC4)ccc23)nc2ccccc21. The fourth-order valence-corrected chi connectivity index (χ4v) is 7.31. The second-order valence-corrected chi connectivity index (χ2v) is 12.9. The van der Waals surface area contributed by atoms with Gasteiger partial charge in [0, 0.05) is 22.4 Å². The second kappa shape index (κ2) is 10.7. The average Bonchev–Trinajstić information content (AvgIpc) is 3.74. The third-order valence-electron chi connectivity index (χ3n) is 9.66. The van der Waals surface area contributed by atoms with Crippen molar-refractivity contribution < 1.29 is 4.42 Å². The van der Waals surface area contributed by atoms with Crippen molar-refractivity contribution >= 4 is 33.1 Å². The van der Waals surface area contributed by atoms with Crippen LogP contribution in [0, 0.1) is 5.92 Å². The van der Waals surface area contributed by atoms with Crippen LogP contribution in [0.15, 0.2) is 77.2 Å². The lowest BCUT2D eigenvalue weighted by Gasteiger charge is -2.21. The second-order valence-electron chi connectivity index (χ2n) is 12.9. The van der Waals surface area contributed by atoms with E-state index in [9.17, 15) is 0 Å². The molecule has 1 saturated carbocycles. The Hall–Kier alpha value is -3.92. The summed E-state index contributed by atoms with van der Waals surface area (Å²) in [5.74, 6) is 2.98. The van der Waals surface area contributed by atoms with E-state index in [1.54, 1.807) is 0 Å². The Kier molecular flexibility index (Phi) is 6.88. The highest BCUT2D eigenvalue weighted by molar-refractivity contribution is 6.08. The van der Waals surface area contributed by atoms with Crippen molar-refractivity contribution in [3.05, 3.63) is 95.2 Å². The van der Waals surface area contributed by atoms with Crippen molar-refractivity contribution in [1.82, 2.24) is 14.5 Å². The summed E-state index contributed by atoms with van der Waals surface area (Å²) in [6, 6.07) is 26.2. The van der Waals surface area contributed by atoms with Crippen LogP contribution < -0.4 is 0 Å². The van der Waals surface area contributed by atoms with Crippen molar-refractivity contribution in [1.29, 1.82) is 0 Å². The van der Waals surface area contributed by atoms with Gasteiger partial charge in [-0.2, -0.15) is 0 Å². The van der Waals surface area contributed by atoms with E-state index < -0.39 is 0 Å². The summed E-state index contributed by atoms with van der Waals surface area (Å²) < 4.78 is 9.05. The molecule has 6 aromatic rings. The number of furan rings is 1. The van der Waals surface area contributed by atoms with E-state index in [4.69, 9.17) is 14.4 Å². The number of aromatic nitrogens is 3. The Morgan fingerprint density at radius 3 is 2.21 bits per heavy atom. The fourth-order valence-electron chi connectivity index (χ4n) is 7.31. The zero-order chi connectivity index (χ0) is 29.0. The molecule has 3 aromatic heterocycles. The van der Waals surface area contributed by atoms with Gasteiger partial charge in [-0.3, -0.25) is 0 Å². The Balaban J connectivity index is 1.40. The van der Waals surface area contributed by atoms with Gasteiger partial charge in [0.05, 0.1) is 23.1 Å². The molecule has 0 amide bonds. The van der Waals surface area contributed by atoms with Gasteiger partial charge in [0.2, 0.25) is 5.71 Å². The topological polar surface area (TPSA) is 43.9 Å². The van der Waals surface area contributed by atoms with Gasteiger partial charge in [-0.05, 0) is 77.6 Å². The predicted molar refractivity (Wildman–Crippen MR) is 174 cm³/mol. The molecule has 1 fully saturated rings. The van der Waals surface area contributed by atoms with Gasteiger partial charge in [0.15, 0.2) is 0 Å². The molecule has 1 atom stereocenters. The summed E-state index contributed by atoms with van der Waals surface area (Å²) in [5, 5.41) is 2.17. The van der Waals surface area contributed by atoms with E-state index in [0.717, 1.165) is 62.6 Å². The molecular weight excluding hydrogens is 514 g/mol. The van der Waals surface area contributed by atoms with Crippen LogP contribution in [0.3, 0.4) is 0 Å². The number of benzene rings is 3. The molecule has 0 N–H and O–H groups in total. The number of imidazole rings is 1. The fraction of sp³-hybridized carbons (Fsp3) is 0.368. The molecule has 0 aliphatic heterocycles. The highest BCUT2D eigenvalue weighted by atomic mass is 16.3. The minimum Gasteiger partial charge on any atom is -0.437 e. The molecule has 42 heavy (non-hydrogen) atoms. The number of para-hydroxylation sites is 3. The van der Waals surface area contributed by atoms with Crippen LogP contribution in [0.4, 0.5) is 0 Å². The molecule has 4 heteroatoms. The first-order valence-corrected chi connectivity index (χ1v) is 15.8. The molecular formula is C38H41N3O. The van der Waals surface area contributed by atoms with Gasteiger partial charge in [0.25, 0.3) is 0 Å². The molecule has 0 saturated heterocycles. The maximum atomic E-state index is 6.65. The van der Waals surface area contributed by atoms with Crippen LogP contribution in [0.5, 0.6) is 0 Å². The Morgan fingerprint density at radius 1 is 0.762 bits per heavy atom. The van der Waals surface area contributed by atoms with Crippen molar-refractivity contribution in [3.8, 4) is 11.4 Å². The van der Waals surface area contributed by atoms with Gasteiger partial charge in [-0.25, -0.2) is 9.97 Å². The van der Waals surface area contributed by atoms with Crippen LogP contribution in [0.1, 0.15) is 100 Å². The molecule has 1 unspecified atom stereocenters. The summed E-state index contributed by atoms with van der Waals surface area (Å²) >= 11 is 0. The minimum atomic E-state index is 0.433. The van der Waals surface area contributed by atoms with Crippen molar-refractivity contribution in [2.45, 2.75) is 84.6 Å². The van der Waals surface area contributed by atoms with Gasteiger partial charge in [0.1, 0.15) is 11.4 Å². The quantitative estimate of drug-likeness (QED) is 0.197. The highest BCUT2D eigenvalue weighted by Crippen LogP contribution is 2.40. The average molecular weight is 556 g/mol. The third-order valence-corrected chi connectivity index (χ3v) is 9.66. The van der Waals surface area contributed by atoms with Crippen LogP contribution >= 0.6 is 0 Å². The van der Waals surface area contributed by atoms with Gasteiger partial charge < -0.3 is 8.98 Å². The Labute approximate surface area is 248 Å². The van der Waals surface area contributed by atoms with Gasteiger partial charge in [-0.15, -0.1) is 0 Å². The molecule has 214 valence electrons. The van der Waals surface area contributed by atoms with E-state index >= 15 is 0 Å². The van der Waals surface area contributed by atoms with Crippen molar-refractivity contribution in [2.24, 2.45) is 5.92 Å². The van der Waals surface area contributed by atoms with E-state index in [1.807, 2.05) is 0 Å². The first-order valence-electron chi connectivity index (χ1n) is 15.8. The van der Waals surface area contributed by atoms with Crippen LogP contribution in [0.25, 0.3) is 44.5 Å². The number of pyridine rings is 1. The molecule has 0 bridgehead atoms. The largest absolute Gasteiger partial charge is 0.437 e. The number of hydrogen-bond acceptors (Lipinski definition) is 3. The van der Waals surface area contributed by atoms with Gasteiger partial charge >= 0.3 is 0 Å². The number of hydrogen-bond donors (Lipinski definition) is 0. The Morgan fingerprint density at radius 2 is 1.48 bits per heavy atom. The Bertz CT molecular complexity index is 1870. The molecule has 3 heterocycles. The molecule has 7 rings (SSSR count). The lowest BCUT2D eigenvalue weighted by Crippen LogP contribution is -2.10. The normalized spacial score (nSPS) is 15.2. The van der Waals surface area contributed by atoms with E-state index in [1.165, 1.54) is 42.4 Å². The molecule has 1 aliphatic carbocycles.